The quantitative estimate of drug-likeness (QED) is 0.255. The molecule has 0 aromatic carbocycles. The minimum atomic E-state index is -1.46. The Morgan fingerprint density at radius 1 is 0.871 bits per heavy atom. The number of esters is 4. The number of carbonyl (C=O) groups excluding carboxylic acids is 4. The molecule has 1 heterocycles. The molecule has 1 rings (SSSR count). The maximum absolute atomic E-state index is 11.5. The van der Waals surface area contributed by atoms with Crippen molar-refractivity contribution in [2.45, 2.75) is 84.1 Å². The van der Waals surface area contributed by atoms with E-state index in [0.29, 0.717) is 32.3 Å². The van der Waals surface area contributed by atoms with Crippen LogP contribution in [0.25, 0.3) is 0 Å². The molecule has 0 spiro atoms. The van der Waals surface area contributed by atoms with E-state index in [9.17, 15) is 24.3 Å². The molecule has 0 bridgehead atoms. The zero-order valence-electron chi connectivity index (χ0n) is 18.4. The summed E-state index contributed by atoms with van der Waals surface area (Å²) in [6.07, 6.45) is -3.97. The third-order valence-corrected chi connectivity index (χ3v) is 4.28. The number of hydrogen-bond donors (Lipinski definition) is 1. The van der Waals surface area contributed by atoms with Crippen LogP contribution in [-0.4, -0.2) is 79.5 Å². The van der Waals surface area contributed by atoms with E-state index < -0.39 is 48.6 Å². The molecule has 11 heteroatoms. The van der Waals surface area contributed by atoms with Gasteiger partial charge in [-0.15, -0.1) is 0 Å². The Balaban J connectivity index is 2.72. The van der Waals surface area contributed by atoms with E-state index in [2.05, 4.69) is 0 Å². The highest BCUT2D eigenvalue weighted by molar-refractivity contribution is 5.69. The summed E-state index contributed by atoms with van der Waals surface area (Å²) >= 11 is 0. The van der Waals surface area contributed by atoms with Gasteiger partial charge in [-0.3, -0.25) is 19.2 Å². The summed E-state index contributed by atoms with van der Waals surface area (Å²) in [6.45, 7) is 5.48. The van der Waals surface area contributed by atoms with Crippen molar-refractivity contribution in [3.8, 4) is 0 Å². The van der Waals surface area contributed by atoms with Crippen LogP contribution >= 0.6 is 0 Å². The number of aliphatic hydroxyl groups excluding tert-OH is 1. The second-order valence-corrected chi connectivity index (χ2v) is 6.97. The molecule has 0 aromatic rings. The van der Waals surface area contributed by atoms with Crippen LogP contribution in [0.3, 0.4) is 0 Å². The number of rotatable bonds is 12. The summed E-state index contributed by atoms with van der Waals surface area (Å²) in [5.74, 6) is -2.22. The van der Waals surface area contributed by atoms with Crippen molar-refractivity contribution in [1.82, 2.24) is 0 Å². The summed E-state index contributed by atoms with van der Waals surface area (Å²) < 4.78 is 31.4. The van der Waals surface area contributed by atoms with Gasteiger partial charge in [0.15, 0.2) is 18.5 Å². The predicted molar refractivity (Wildman–Crippen MR) is 103 cm³/mol. The number of unbranched alkanes of at least 4 members (excludes halogenated alkanes) is 2. The predicted octanol–water partition coefficient (Wildman–Crippen LogP) is 0.639. The Bertz CT molecular complexity index is 604. The maximum atomic E-state index is 11.5. The molecule has 0 amide bonds. The Hall–Kier alpha value is -2.24. The number of aliphatic hydroxyl groups is 1. The summed E-state index contributed by atoms with van der Waals surface area (Å²) in [5.41, 5.74) is 0. The van der Waals surface area contributed by atoms with Crippen LogP contribution < -0.4 is 0 Å². The molecule has 1 N–H and O–H groups in total. The third-order valence-electron chi connectivity index (χ3n) is 4.28. The third kappa shape index (κ3) is 10.1. The van der Waals surface area contributed by atoms with E-state index >= 15 is 0 Å². The van der Waals surface area contributed by atoms with Gasteiger partial charge >= 0.3 is 23.9 Å². The molecule has 1 aliphatic heterocycles. The van der Waals surface area contributed by atoms with E-state index in [1.54, 1.807) is 6.92 Å². The van der Waals surface area contributed by atoms with Crippen molar-refractivity contribution in [3.05, 3.63) is 0 Å². The van der Waals surface area contributed by atoms with Crippen molar-refractivity contribution in [1.29, 1.82) is 0 Å². The SMILES string of the molecule is CCOC(=O)CCCCCO[C@@H]1O[C@H](COC(C)=O)[C@H](OC(C)=O)[C@H](O)[C@H]1OC(C)=O. The molecule has 0 aromatic heterocycles. The standard InChI is InChI=1S/C20H32O11/c1-5-26-16(24)9-7-6-8-10-27-20-19(30-14(4)23)17(25)18(29-13(3)22)15(31-20)11-28-12(2)21/h15,17-20,25H,5-11H2,1-4H3/t15-,17+,18+,19-,20-/m1/s1. The molecule has 178 valence electrons. The lowest BCUT2D eigenvalue weighted by Gasteiger charge is -2.42. The lowest BCUT2D eigenvalue weighted by atomic mass is 9.98. The molecule has 0 radical (unpaired) electrons. The van der Waals surface area contributed by atoms with Gasteiger partial charge in [-0.2, -0.15) is 0 Å². The first-order valence-corrected chi connectivity index (χ1v) is 10.2. The molecule has 1 saturated heterocycles. The first-order valence-electron chi connectivity index (χ1n) is 10.2. The fourth-order valence-electron chi connectivity index (χ4n) is 3.00. The minimum Gasteiger partial charge on any atom is -0.466 e. The van der Waals surface area contributed by atoms with Crippen LogP contribution in [0.4, 0.5) is 0 Å². The zero-order chi connectivity index (χ0) is 23.4. The van der Waals surface area contributed by atoms with Crippen LogP contribution in [0.1, 0.15) is 53.4 Å². The van der Waals surface area contributed by atoms with Gasteiger partial charge in [0.1, 0.15) is 18.8 Å². The monoisotopic (exact) mass is 448 g/mol. The van der Waals surface area contributed by atoms with Gasteiger partial charge in [0.2, 0.25) is 0 Å². The van der Waals surface area contributed by atoms with Gasteiger partial charge < -0.3 is 33.5 Å². The maximum Gasteiger partial charge on any atom is 0.305 e. The topological polar surface area (TPSA) is 144 Å². The lowest BCUT2D eigenvalue weighted by Crippen LogP contribution is -2.61. The van der Waals surface area contributed by atoms with Gasteiger partial charge in [0.05, 0.1) is 6.61 Å². The van der Waals surface area contributed by atoms with Crippen molar-refractivity contribution >= 4 is 23.9 Å². The fourth-order valence-corrected chi connectivity index (χ4v) is 3.00. The van der Waals surface area contributed by atoms with Crippen molar-refractivity contribution < 1.29 is 52.7 Å². The van der Waals surface area contributed by atoms with E-state index in [1.807, 2.05) is 0 Å². The average Bonchev–Trinajstić information content (AvgIpc) is 2.67. The molecule has 11 nitrogen and oxygen atoms in total. The Morgan fingerprint density at radius 2 is 1.52 bits per heavy atom. The Labute approximate surface area is 181 Å². The molecular formula is C20H32O11. The Morgan fingerprint density at radius 3 is 2.10 bits per heavy atom. The molecule has 1 aliphatic rings. The molecule has 0 unspecified atom stereocenters. The van der Waals surface area contributed by atoms with E-state index in [0.717, 1.165) is 13.8 Å². The first kappa shape index (κ1) is 26.8. The lowest BCUT2D eigenvalue weighted by molar-refractivity contribution is -0.306. The number of ether oxygens (including phenoxy) is 6. The van der Waals surface area contributed by atoms with Crippen LogP contribution in [0.2, 0.25) is 0 Å². The van der Waals surface area contributed by atoms with Gasteiger partial charge in [-0.25, -0.2) is 0 Å². The smallest absolute Gasteiger partial charge is 0.305 e. The van der Waals surface area contributed by atoms with E-state index in [1.165, 1.54) is 6.92 Å². The fraction of sp³-hybridized carbons (Fsp3) is 0.800. The largest absolute Gasteiger partial charge is 0.466 e. The summed E-state index contributed by atoms with van der Waals surface area (Å²) in [5, 5.41) is 10.7. The van der Waals surface area contributed by atoms with Crippen molar-refractivity contribution in [2.24, 2.45) is 0 Å². The van der Waals surface area contributed by atoms with Crippen molar-refractivity contribution in [2.75, 3.05) is 19.8 Å². The second-order valence-electron chi connectivity index (χ2n) is 6.97. The molecule has 5 atom stereocenters. The van der Waals surface area contributed by atoms with Gasteiger partial charge in [0, 0.05) is 33.8 Å². The molecule has 0 aliphatic carbocycles. The second kappa shape index (κ2) is 13.9. The normalized spacial score (nSPS) is 25.4. The molecule has 1 fully saturated rings. The Kier molecular flexibility index (Phi) is 12.1. The average molecular weight is 448 g/mol. The molecule has 31 heavy (non-hydrogen) atoms. The summed E-state index contributed by atoms with van der Waals surface area (Å²) in [7, 11) is 0. The van der Waals surface area contributed by atoms with Crippen LogP contribution in [-0.2, 0) is 47.6 Å². The van der Waals surface area contributed by atoms with Gasteiger partial charge in [0.25, 0.3) is 0 Å². The minimum absolute atomic E-state index is 0.191. The molecular weight excluding hydrogens is 416 g/mol. The highest BCUT2D eigenvalue weighted by Gasteiger charge is 2.50. The number of carbonyl (C=O) groups is 4. The zero-order valence-corrected chi connectivity index (χ0v) is 18.4. The highest BCUT2D eigenvalue weighted by atomic mass is 16.7. The van der Waals surface area contributed by atoms with E-state index in [-0.39, 0.29) is 19.2 Å². The van der Waals surface area contributed by atoms with Crippen LogP contribution in [0, 0.1) is 0 Å². The van der Waals surface area contributed by atoms with Crippen LogP contribution in [0.15, 0.2) is 0 Å². The van der Waals surface area contributed by atoms with Crippen LogP contribution in [0.5, 0.6) is 0 Å². The van der Waals surface area contributed by atoms with E-state index in [4.69, 9.17) is 28.4 Å². The first-order chi connectivity index (χ1) is 14.6. The van der Waals surface area contributed by atoms with Gasteiger partial charge in [-0.05, 0) is 19.8 Å². The highest BCUT2D eigenvalue weighted by Crippen LogP contribution is 2.27. The number of hydrogen-bond acceptors (Lipinski definition) is 11. The van der Waals surface area contributed by atoms with Gasteiger partial charge in [-0.1, -0.05) is 6.42 Å². The summed E-state index contributed by atoms with van der Waals surface area (Å²) in [4.78, 5) is 45.4. The van der Waals surface area contributed by atoms with Crippen molar-refractivity contribution in [3.63, 3.8) is 0 Å². The molecule has 0 saturated carbocycles. The summed E-state index contributed by atoms with van der Waals surface area (Å²) in [6, 6.07) is 0.